The third-order valence-corrected chi connectivity index (χ3v) is 2.86. The molecule has 5 heteroatoms. The number of benzene rings is 1. The molecule has 0 bridgehead atoms. The SMILES string of the molecule is OCc1cccnc1Oc1ccc(Cl)c(Cl)c1. The molecule has 1 aromatic carbocycles. The van der Waals surface area contributed by atoms with Crippen molar-refractivity contribution < 1.29 is 9.84 Å². The monoisotopic (exact) mass is 269 g/mol. The molecule has 88 valence electrons. The third kappa shape index (κ3) is 2.88. The van der Waals surface area contributed by atoms with Gasteiger partial charge in [0.25, 0.3) is 0 Å². The molecule has 1 heterocycles. The van der Waals surface area contributed by atoms with Crippen LogP contribution in [-0.2, 0) is 6.61 Å². The van der Waals surface area contributed by atoms with Crippen molar-refractivity contribution in [3.8, 4) is 11.6 Å². The summed E-state index contributed by atoms with van der Waals surface area (Å²) < 4.78 is 5.52. The van der Waals surface area contributed by atoms with Gasteiger partial charge in [-0.25, -0.2) is 4.98 Å². The van der Waals surface area contributed by atoms with Crippen molar-refractivity contribution in [3.05, 3.63) is 52.1 Å². The van der Waals surface area contributed by atoms with Gasteiger partial charge in [0.2, 0.25) is 5.88 Å². The Morgan fingerprint density at radius 2 is 2.00 bits per heavy atom. The molecule has 3 nitrogen and oxygen atoms in total. The largest absolute Gasteiger partial charge is 0.439 e. The van der Waals surface area contributed by atoms with Crippen molar-refractivity contribution >= 4 is 23.2 Å². The summed E-state index contributed by atoms with van der Waals surface area (Å²) in [7, 11) is 0. The molecule has 0 unspecified atom stereocenters. The van der Waals surface area contributed by atoms with E-state index in [0.29, 0.717) is 27.2 Å². The molecule has 0 radical (unpaired) electrons. The van der Waals surface area contributed by atoms with Crippen LogP contribution in [0, 0.1) is 0 Å². The lowest BCUT2D eigenvalue weighted by molar-refractivity contribution is 0.275. The summed E-state index contributed by atoms with van der Waals surface area (Å²) in [6.45, 7) is -0.134. The Labute approximate surface area is 109 Å². The summed E-state index contributed by atoms with van der Waals surface area (Å²) in [6.07, 6.45) is 1.59. The smallest absolute Gasteiger partial charge is 0.224 e. The van der Waals surface area contributed by atoms with Gasteiger partial charge >= 0.3 is 0 Å². The van der Waals surface area contributed by atoms with Crippen LogP contribution in [0.25, 0.3) is 0 Å². The molecule has 0 fully saturated rings. The highest BCUT2D eigenvalue weighted by molar-refractivity contribution is 6.42. The van der Waals surface area contributed by atoms with E-state index in [0.717, 1.165) is 0 Å². The van der Waals surface area contributed by atoms with Crippen LogP contribution >= 0.6 is 23.2 Å². The van der Waals surface area contributed by atoms with Gasteiger partial charge in [0.1, 0.15) is 5.75 Å². The van der Waals surface area contributed by atoms with E-state index >= 15 is 0 Å². The summed E-state index contributed by atoms with van der Waals surface area (Å²) in [6, 6.07) is 8.39. The summed E-state index contributed by atoms with van der Waals surface area (Å²) in [4.78, 5) is 4.04. The maximum Gasteiger partial charge on any atom is 0.224 e. The maximum absolute atomic E-state index is 9.13. The Bertz CT molecular complexity index is 532. The molecular formula is C12H9Cl2NO2. The van der Waals surface area contributed by atoms with Crippen molar-refractivity contribution in [2.75, 3.05) is 0 Å². The standard InChI is InChI=1S/C12H9Cl2NO2/c13-10-4-3-9(6-11(10)14)17-12-8(7-16)2-1-5-15-12/h1-6,16H,7H2. The number of nitrogens with zero attached hydrogens (tertiary/aromatic N) is 1. The molecule has 0 saturated carbocycles. The summed E-state index contributed by atoms with van der Waals surface area (Å²) in [5.74, 6) is 0.876. The fourth-order valence-electron chi connectivity index (χ4n) is 1.29. The Balaban J connectivity index is 2.28. The van der Waals surface area contributed by atoms with E-state index in [-0.39, 0.29) is 6.61 Å². The molecule has 17 heavy (non-hydrogen) atoms. The molecule has 0 atom stereocenters. The summed E-state index contributed by atoms with van der Waals surface area (Å²) >= 11 is 11.7. The first kappa shape index (κ1) is 12.2. The topological polar surface area (TPSA) is 42.4 Å². The second-order valence-corrected chi connectivity index (χ2v) is 4.12. The minimum Gasteiger partial charge on any atom is -0.439 e. The first-order valence-electron chi connectivity index (χ1n) is 4.88. The van der Waals surface area contributed by atoms with Gasteiger partial charge in [0.05, 0.1) is 16.7 Å². The molecule has 1 aromatic heterocycles. The van der Waals surface area contributed by atoms with Crippen molar-refractivity contribution in [1.82, 2.24) is 4.98 Å². The summed E-state index contributed by atoms with van der Waals surface area (Å²) in [5.41, 5.74) is 0.610. The highest BCUT2D eigenvalue weighted by Crippen LogP contribution is 2.29. The molecule has 0 aliphatic rings. The van der Waals surface area contributed by atoms with E-state index < -0.39 is 0 Å². The zero-order chi connectivity index (χ0) is 12.3. The van der Waals surface area contributed by atoms with E-state index in [9.17, 15) is 0 Å². The Kier molecular flexibility index (Phi) is 3.84. The predicted octanol–water partition coefficient (Wildman–Crippen LogP) is 3.67. The first-order valence-corrected chi connectivity index (χ1v) is 5.64. The van der Waals surface area contributed by atoms with Gasteiger partial charge in [0.15, 0.2) is 0 Å². The van der Waals surface area contributed by atoms with Crippen molar-refractivity contribution in [2.24, 2.45) is 0 Å². The van der Waals surface area contributed by atoms with E-state index in [2.05, 4.69) is 4.98 Å². The average molecular weight is 270 g/mol. The molecule has 0 aliphatic heterocycles. The number of rotatable bonds is 3. The quantitative estimate of drug-likeness (QED) is 0.925. The van der Waals surface area contributed by atoms with E-state index in [4.69, 9.17) is 33.0 Å². The minimum atomic E-state index is -0.134. The first-order chi connectivity index (χ1) is 8.20. The number of aliphatic hydroxyl groups excluding tert-OH is 1. The van der Waals surface area contributed by atoms with Crippen molar-refractivity contribution in [3.63, 3.8) is 0 Å². The zero-order valence-corrected chi connectivity index (χ0v) is 10.2. The molecule has 0 aliphatic carbocycles. The number of halogens is 2. The van der Waals surface area contributed by atoms with Gasteiger partial charge < -0.3 is 9.84 Å². The minimum absolute atomic E-state index is 0.134. The fraction of sp³-hybridized carbons (Fsp3) is 0.0833. The van der Waals surface area contributed by atoms with Crippen LogP contribution in [0.5, 0.6) is 11.6 Å². The average Bonchev–Trinajstić information content (AvgIpc) is 2.34. The Morgan fingerprint density at radius 3 is 2.71 bits per heavy atom. The lowest BCUT2D eigenvalue weighted by atomic mass is 10.3. The number of ether oxygens (including phenoxy) is 1. The normalized spacial score (nSPS) is 10.3. The van der Waals surface area contributed by atoms with Crippen molar-refractivity contribution in [2.45, 2.75) is 6.61 Å². The lowest BCUT2D eigenvalue weighted by Gasteiger charge is -2.08. The molecule has 0 amide bonds. The number of hydrogen-bond acceptors (Lipinski definition) is 3. The van der Waals surface area contributed by atoms with Crippen LogP contribution in [0.3, 0.4) is 0 Å². The second-order valence-electron chi connectivity index (χ2n) is 3.30. The second kappa shape index (κ2) is 5.36. The fourth-order valence-corrected chi connectivity index (χ4v) is 1.58. The van der Waals surface area contributed by atoms with Gasteiger partial charge in [-0.05, 0) is 24.3 Å². The molecule has 0 spiro atoms. The van der Waals surface area contributed by atoms with Crippen LogP contribution < -0.4 is 4.74 Å². The predicted molar refractivity (Wildman–Crippen MR) is 66.7 cm³/mol. The van der Waals surface area contributed by atoms with Crippen LogP contribution in [0.15, 0.2) is 36.5 Å². The van der Waals surface area contributed by atoms with Crippen molar-refractivity contribution in [1.29, 1.82) is 0 Å². The molecule has 2 aromatic rings. The summed E-state index contributed by atoms with van der Waals surface area (Å²) in [5, 5.41) is 10.00. The maximum atomic E-state index is 9.13. The van der Waals surface area contributed by atoms with Gasteiger partial charge in [-0.1, -0.05) is 23.2 Å². The van der Waals surface area contributed by atoms with Gasteiger partial charge in [-0.15, -0.1) is 0 Å². The Morgan fingerprint density at radius 1 is 1.18 bits per heavy atom. The van der Waals surface area contributed by atoms with E-state index in [1.807, 2.05) is 0 Å². The van der Waals surface area contributed by atoms with Crippen LogP contribution in [0.2, 0.25) is 10.0 Å². The van der Waals surface area contributed by atoms with Gasteiger partial charge in [-0.3, -0.25) is 0 Å². The van der Waals surface area contributed by atoms with Crippen LogP contribution in [0.1, 0.15) is 5.56 Å². The third-order valence-electron chi connectivity index (χ3n) is 2.13. The molecular weight excluding hydrogens is 261 g/mol. The van der Waals surface area contributed by atoms with Gasteiger partial charge in [-0.2, -0.15) is 0 Å². The van der Waals surface area contributed by atoms with Crippen LogP contribution in [-0.4, -0.2) is 10.1 Å². The number of pyridine rings is 1. The molecule has 2 rings (SSSR count). The van der Waals surface area contributed by atoms with Gasteiger partial charge in [0, 0.05) is 17.8 Å². The number of aromatic nitrogens is 1. The van der Waals surface area contributed by atoms with E-state index in [1.165, 1.54) is 0 Å². The number of hydrogen-bond donors (Lipinski definition) is 1. The highest BCUT2D eigenvalue weighted by atomic mass is 35.5. The molecule has 1 N–H and O–H groups in total. The Hall–Kier alpha value is -1.29. The molecule has 0 saturated heterocycles. The lowest BCUT2D eigenvalue weighted by Crippen LogP contribution is -1.94. The van der Waals surface area contributed by atoms with E-state index in [1.54, 1.807) is 36.5 Å². The highest BCUT2D eigenvalue weighted by Gasteiger charge is 2.06. The zero-order valence-electron chi connectivity index (χ0n) is 8.73. The van der Waals surface area contributed by atoms with Crippen LogP contribution in [0.4, 0.5) is 0 Å². The number of aliphatic hydroxyl groups is 1.